The van der Waals surface area contributed by atoms with Gasteiger partial charge in [0.25, 0.3) is 0 Å². The Morgan fingerprint density at radius 2 is 0.963 bits per heavy atom. The van der Waals surface area contributed by atoms with Crippen LogP contribution in [0.5, 0.6) is 0 Å². The van der Waals surface area contributed by atoms with Gasteiger partial charge in [0.05, 0.1) is 16.4 Å². The molecule has 0 radical (unpaired) electrons. The molecule has 12 rings (SSSR count). The maximum atomic E-state index is 2.45. The van der Waals surface area contributed by atoms with Crippen molar-refractivity contribution in [2.45, 2.75) is 5.41 Å². The standard InChI is InChI=1S/C51H32N2S/c1-3-15-33(16-4-1)52(34-17-5-2-6-18-34)35-27-30-45-42(32-35)49-40-22-10-14-26-48(40)54-50(49)51(45)43-23-11-7-19-37(43)41-31-36(28-29-44(41)51)53-46-24-12-8-20-38(46)39-21-9-13-25-47(39)53/h1-32H. The van der Waals surface area contributed by atoms with Crippen LogP contribution in [0, 0.1) is 0 Å². The first-order valence-electron chi connectivity index (χ1n) is 18.6. The van der Waals surface area contributed by atoms with Crippen molar-refractivity contribution in [3.63, 3.8) is 0 Å². The van der Waals surface area contributed by atoms with E-state index < -0.39 is 5.41 Å². The Morgan fingerprint density at radius 3 is 1.69 bits per heavy atom. The van der Waals surface area contributed by atoms with Crippen molar-refractivity contribution in [1.29, 1.82) is 0 Å². The molecule has 2 aliphatic rings. The monoisotopic (exact) mass is 704 g/mol. The van der Waals surface area contributed by atoms with Crippen molar-refractivity contribution >= 4 is 60.3 Å². The number of aromatic nitrogens is 1. The van der Waals surface area contributed by atoms with Crippen molar-refractivity contribution in [3.8, 4) is 27.9 Å². The number of hydrogen-bond donors (Lipinski definition) is 0. The van der Waals surface area contributed by atoms with Crippen molar-refractivity contribution in [2.24, 2.45) is 0 Å². The normalized spacial score (nSPS) is 15.1. The Balaban J connectivity index is 1.14. The number of anilines is 3. The molecule has 1 spiro atoms. The van der Waals surface area contributed by atoms with E-state index in [4.69, 9.17) is 0 Å². The maximum absolute atomic E-state index is 2.45. The molecule has 10 aromatic rings. The minimum absolute atomic E-state index is 0.428. The fourth-order valence-corrected chi connectivity index (χ4v) is 11.1. The van der Waals surface area contributed by atoms with Crippen LogP contribution in [-0.2, 0) is 5.41 Å². The predicted octanol–water partition coefficient (Wildman–Crippen LogP) is 13.8. The summed E-state index contributed by atoms with van der Waals surface area (Å²) in [5.41, 5.74) is 16.0. The van der Waals surface area contributed by atoms with Crippen LogP contribution in [0.4, 0.5) is 17.1 Å². The summed E-state index contributed by atoms with van der Waals surface area (Å²) in [6.07, 6.45) is 0. The van der Waals surface area contributed by atoms with Crippen LogP contribution in [0.2, 0.25) is 0 Å². The van der Waals surface area contributed by atoms with Crippen molar-refractivity contribution in [3.05, 3.63) is 216 Å². The lowest BCUT2D eigenvalue weighted by molar-refractivity contribution is 0.811. The third kappa shape index (κ3) is 3.89. The number of benzene rings is 8. The largest absolute Gasteiger partial charge is 0.310 e. The lowest BCUT2D eigenvalue weighted by Gasteiger charge is -2.30. The Kier molecular flexibility index (Phi) is 6.17. The van der Waals surface area contributed by atoms with Gasteiger partial charge < -0.3 is 9.47 Å². The summed E-state index contributed by atoms with van der Waals surface area (Å²) in [5.74, 6) is 0. The molecule has 0 fully saturated rings. The van der Waals surface area contributed by atoms with Gasteiger partial charge in [-0.2, -0.15) is 0 Å². The summed E-state index contributed by atoms with van der Waals surface area (Å²) in [4.78, 5) is 3.80. The van der Waals surface area contributed by atoms with Gasteiger partial charge in [-0.15, -0.1) is 11.3 Å². The number of rotatable bonds is 4. The second-order valence-corrected chi connectivity index (χ2v) is 15.5. The second kappa shape index (κ2) is 11.2. The summed E-state index contributed by atoms with van der Waals surface area (Å²) in [6, 6.07) is 71.7. The Hall–Kier alpha value is -6.68. The minimum Gasteiger partial charge on any atom is -0.310 e. The third-order valence-electron chi connectivity index (χ3n) is 11.8. The minimum atomic E-state index is -0.428. The molecular formula is C51H32N2S. The Labute approximate surface area is 317 Å². The highest BCUT2D eigenvalue weighted by molar-refractivity contribution is 7.20. The van der Waals surface area contributed by atoms with E-state index in [1.165, 1.54) is 81.4 Å². The number of para-hydroxylation sites is 4. The molecule has 8 aromatic carbocycles. The molecule has 0 aliphatic heterocycles. The number of fused-ring (bicyclic) bond motifs is 15. The molecule has 2 aromatic heterocycles. The maximum Gasteiger partial charge on any atom is 0.0819 e. The molecule has 0 amide bonds. The van der Waals surface area contributed by atoms with Crippen molar-refractivity contribution in [2.75, 3.05) is 4.90 Å². The van der Waals surface area contributed by atoms with Crippen molar-refractivity contribution < 1.29 is 0 Å². The zero-order valence-electron chi connectivity index (χ0n) is 29.3. The van der Waals surface area contributed by atoms with Crippen LogP contribution in [-0.4, -0.2) is 4.57 Å². The lowest BCUT2D eigenvalue weighted by atomic mass is 9.74. The zero-order valence-corrected chi connectivity index (χ0v) is 30.1. The van der Waals surface area contributed by atoms with Crippen molar-refractivity contribution in [1.82, 2.24) is 4.57 Å². The summed E-state index contributed by atoms with van der Waals surface area (Å²) in [7, 11) is 0. The molecule has 0 bridgehead atoms. The topological polar surface area (TPSA) is 8.17 Å². The fourth-order valence-electron chi connectivity index (χ4n) is 9.65. The van der Waals surface area contributed by atoms with Gasteiger partial charge in [-0.3, -0.25) is 0 Å². The van der Waals surface area contributed by atoms with Gasteiger partial charge in [-0.25, -0.2) is 0 Å². The molecule has 2 heterocycles. The van der Waals surface area contributed by atoms with Gasteiger partial charge in [0.1, 0.15) is 0 Å². The highest BCUT2D eigenvalue weighted by atomic mass is 32.1. The van der Waals surface area contributed by atoms with Gasteiger partial charge in [-0.1, -0.05) is 127 Å². The van der Waals surface area contributed by atoms with Crippen LogP contribution >= 0.6 is 11.3 Å². The quantitative estimate of drug-likeness (QED) is 0.177. The van der Waals surface area contributed by atoms with E-state index in [9.17, 15) is 0 Å². The summed E-state index contributed by atoms with van der Waals surface area (Å²) < 4.78 is 3.77. The van der Waals surface area contributed by atoms with E-state index in [1.807, 2.05) is 11.3 Å². The predicted molar refractivity (Wildman–Crippen MR) is 227 cm³/mol. The van der Waals surface area contributed by atoms with E-state index >= 15 is 0 Å². The molecule has 0 saturated heterocycles. The van der Waals surface area contributed by atoms with Crippen LogP contribution < -0.4 is 4.90 Å². The first kappa shape index (κ1) is 29.9. The number of hydrogen-bond acceptors (Lipinski definition) is 2. The Bertz CT molecular complexity index is 3020. The highest BCUT2D eigenvalue weighted by Gasteiger charge is 2.53. The number of thiophene rings is 1. The average molecular weight is 705 g/mol. The lowest BCUT2D eigenvalue weighted by Crippen LogP contribution is -2.25. The average Bonchev–Trinajstić information content (AvgIpc) is 3.95. The highest BCUT2D eigenvalue weighted by Crippen LogP contribution is 2.66. The van der Waals surface area contributed by atoms with Gasteiger partial charge >= 0.3 is 0 Å². The van der Waals surface area contributed by atoms with Gasteiger partial charge in [0.15, 0.2) is 0 Å². The molecule has 2 nitrogen and oxygen atoms in total. The van der Waals surface area contributed by atoms with E-state index in [-0.39, 0.29) is 0 Å². The number of nitrogens with zero attached hydrogens (tertiary/aromatic N) is 2. The SMILES string of the molecule is c1ccc(N(c2ccccc2)c2ccc3c(c2)-c2c(sc4ccccc24)C32c3ccccc3-c3cc(-n4c5ccccc5c5ccccc54)ccc32)cc1. The summed E-state index contributed by atoms with van der Waals surface area (Å²) in [5, 5.41) is 3.88. The Morgan fingerprint density at radius 1 is 0.407 bits per heavy atom. The van der Waals surface area contributed by atoms with E-state index in [2.05, 4.69) is 204 Å². The van der Waals surface area contributed by atoms with E-state index in [0.717, 1.165) is 17.1 Å². The van der Waals surface area contributed by atoms with E-state index in [1.54, 1.807) is 0 Å². The van der Waals surface area contributed by atoms with Gasteiger partial charge in [0, 0.05) is 54.0 Å². The second-order valence-electron chi connectivity index (χ2n) is 14.4. The summed E-state index contributed by atoms with van der Waals surface area (Å²) in [6.45, 7) is 0. The molecule has 1 unspecified atom stereocenters. The molecule has 0 saturated carbocycles. The molecular weight excluding hydrogens is 673 g/mol. The molecule has 54 heavy (non-hydrogen) atoms. The summed E-state index contributed by atoms with van der Waals surface area (Å²) >= 11 is 1.96. The molecule has 0 N–H and O–H groups in total. The van der Waals surface area contributed by atoms with E-state index in [0.29, 0.717) is 0 Å². The fraction of sp³-hybridized carbons (Fsp3) is 0.0196. The molecule has 1 atom stereocenters. The first-order chi connectivity index (χ1) is 26.8. The first-order valence-corrected chi connectivity index (χ1v) is 19.4. The van der Waals surface area contributed by atoms with Crippen LogP contribution in [0.3, 0.4) is 0 Å². The van der Waals surface area contributed by atoms with Gasteiger partial charge in [-0.05, 0) is 100 Å². The molecule has 2 aliphatic carbocycles. The smallest absolute Gasteiger partial charge is 0.0819 e. The third-order valence-corrected chi connectivity index (χ3v) is 13.1. The van der Waals surface area contributed by atoms with Crippen LogP contribution in [0.1, 0.15) is 21.6 Å². The molecule has 252 valence electrons. The molecule has 3 heteroatoms. The van der Waals surface area contributed by atoms with Crippen LogP contribution in [0.25, 0.3) is 59.8 Å². The van der Waals surface area contributed by atoms with Crippen LogP contribution in [0.15, 0.2) is 194 Å². The zero-order chi connectivity index (χ0) is 35.4. The van der Waals surface area contributed by atoms with Gasteiger partial charge in [0.2, 0.25) is 0 Å².